The molecule has 0 atom stereocenters. The van der Waals surface area contributed by atoms with E-state index in [9.17, 15) is 0 Å². The van der Waals surface area contributed by atoms with Crippen LogP contribution in [0.1, 0.15) is 114 Å². The van der Waals surface area contributed by atoms with Gasteiger partial charge in [0.25, 0.3) is 0 Å². The van der Waals surface area contributed by atoms with Crippen LogP contribution in [0.5, 0.6) is 0 Å². The lowest BCUT2D eigenvalue weighted by Gasteiger charge is -2.35. The fourth-order valence-corrected chi connectivity index (χ4v) is 14.3. The second-order valence-corrected chi connectivity index (χ2v) is 21.9. The van der Waals surface area contributed by atoms with Gasteiger partial charge < -0.3 is 14.4 Å². The van der Waals surface area contributed by atoms with Crippen molar-refractivity contribution in [1.29, 1.82) is 0 Å². The van der Waals surface area contributed by atoms with Crippen LogP contribution in [-0.2, 0) is 10.8 Å². The highest BCUT2D eigenvalue weighted by molar-refractivity contribution is 6.10. The third kappa shape index (κ3) is 11.0. The maximum atomic E-state index is 2.54. The molecule has 460 valence electrons. The molecule has 1 heterocycles. The van der Waals surface area contributed by atoms with Gasteiger partial charge in [-0.05, 0) is 176 Å². The van der Waals surface area contributed by atoms with Crippen molar-refractivity contribution in [2.75, 3.05) is 9.80 Å². The van der Waals surface area contributed by atoms with Gasteiger partial charge >= 0.3 is 0 Å². The van der Waals surface area contributed by atoms with Crippen molar-refractivity contribution < 1.29 is 0 Å². The van der Waals surface area contributed by atoms with Gasteiger partial charge in [0.05, 0.1) is 21.9 Å². The highest BCUT2D eigenvalue weighted by atomic mass is 15.1. The molecule has 0 saturated carbocycles. The number of anilines is 6. The molecule has 0 fully saturated rings. The predicted molar refractivity (Wildman–Crippen MR) is 401 cm³/mol. The summed E-state index contributed by atoms with van der Waals surface area (Å²) in [6.07, 6.45) is 0. The molecule has 3 nitrogen and oxygen atoms in total. The Kier molecular flexibility index (Phi) is 19.9. The third-order valence-corrected chi connectivity index (χ3v) is 17.7. The van der Waals surface area contributed by atoms with E-state index in [0.29, 0.717) is 0 Å². The minimum atomic E-state index is -0.650. The molecule has 0 unspecified atom stereocenters. The van der Waals surface area contributed by atoms with E-state index < -0.39 is 10.8 Å². The molecule has 2 aliphatic carbocycles. The Morgan fingerprint density at radius 1 is 0.215 bits per heavy atom. The van der Waals surface area contributed by atoms with Crippen molar-refractivity contribution in [1.82, 2.24) is 4.57 Å². The molecule has 14 aromatic rings. The molecule has 93 heavy (non-hydrogen) atoms. The number of fused-ring (bicyclic) bond motifs is 9. The standard InChI is InChI=1S/C80H55N3.5C2H6/c1-6-24-60(25-7-1)81(61-26-8-2-9-27-61)65-48-42-56(43-49-65)79(73-38-20-16-34-67(73)68-35-17-21-39-74(68)79)58-46-52-77-71(54-58)72-55-59(47-53-78(72)83(77)64-32-14-5-15-33-64)80(75-40-22-18-36-69(75)70-37-19-23-41-76(70)80)57-44-50-66(51-45-57)82(62-28-10-3-11-29-62)63-30-12-4-13-31-63;5*1-2/h1-55H;5*1-2H3. The first-order valence-corrected chi connectivity index (χ1v) is 33.7. The van der Waals surface area contributed by atoms with E-state index in [2.05, 4.69) is 348 Å². The summed E-state index contributed by atoms with van der Waals surface area (Å²) in [5, 5.41) is 2.40. The molecule has 0 amide bonds. The van der Waals surface area contributed by atoms with Gasteiger partial charge in [-0.1, -0.05) is 294 Å². The third-order valence-electron chi connectivity index (χ3n) is 17.7. The van der Waals surface area contributed by atoms with Gasteiger partial charge in [-0.2, -0.15) is 0 Å². The summed E-state index contributed by atoms with van der Waals surface area (Å²) in [7, 11) is 0. The van der Waals surface area contributed by atoms with E-state index in [0.717, 1.165) is 50.8 Å². The molecule has 13 aromatic carbocycles. The van der Waals surface area contributed by atoms with Crippen molar-refractivity contribution >= 4 is 55.9 Å². The van der Waals surface area contributed by atoms with Crippen LogP contribution in [-0.4, -0.2) is 4.57 Å². The predicted octanol–water partition coefficient (Wildman–Crippen LogP) is 25.6. The summed E-state index contributed by atoms with van der Waals surface area (Å²) in [5.41, 5.74) is 23.8. The lowest BCUT2D eigenvalue weighted by atomic mass is 9.67. The van der Waals surface area contributed by atoms with E-state index >= 15 is 0 Å². The van der Waals surface area contributed by atoms with E-state index in [-0.39, 0.29) is 0 Å². The van der Waals surface area contributed by atoms with Gasteiger partial charge in [0, 0.05) is 50.6 Å². The average molecular weight is 1210 g/mol. The molecular weight excluding hydrogens is 1120 g/mol. The Balaban J connectivity index is 0.000000846. The first-order valence-electron chi connectivity index (χ1n) is 33.7. The lowest BCUT2D eigenvalue weighted by molar-refractivity contribution is 0.769. The summed E-state index contributed by atoms with van der Waals surface area (Å²) in [5.74, 6) is 0. The van der Waals surface area contributed by atoms with E-state index in [1.54, 1.807) is 0 Å². The summed E-state index contributed by atoms with van der Waals surface area (Å²) in [6, 6.07) is 123. The van der Waals surface area contributed by atoms with Crippen LogP contribution in [0.3, 0.4) is 0 Å². The minimum absolute atomic E-state index is 0.650. The van der Waals surface area contributed by atoms with Crippen molar-refractivity contribution in [3.63, 3.8) is 0 Å². The Bertz CT molecular complexity index is 4250. The lowest BCUT2D eigenvalue weighted by Crippen LogP contribution is -2.28. The zero-order chi connectivity index (χ0) is 64.9. The smallest absolute Gasteiger partial charge is 0.0713 e. The molecule has 2 aliphatic rings. The van der Waals surface area contributed by atoms with Crippen LogP contribution in [0.4, 0.5) is 34.1 Å². The summed E-state index contributed by atoms with van der Waals surface area (Å²) >= 11 is 0. The number of rotatable bonds is 11. The minimum Gasteiger partial charge on any atom is -0.311 e. The topological polar surface area (TPSA) is 11.4 Å². The molecule has 0 aliphatic heterocycles. The number of hydrogen-bond donors (Lipinski definition) is 0. The number of para-hydroxylation sites is 5. The molecule has 0 bridgehead atoms. The molecule has 3 heteroatoms. The maximum absolute atomic E-state index is 2.54. The van der Waals surface area contributed by atoms with Crippen LogP contribution in [0.2, 0.25) is 0 Å². The largest absolute Gasteiger partial charge is 0.311 e. The molecule has 0 spiro atoms. The highest BCUT2D eigenvalue weighted by Crippen LogP contribution is 2.59. The Labute approximate surface area is 553 Å². The Morgan fingerprint density at radius 3 is 0.720 bits per heavy atom. The number of nitrogens with zero attached hydrogens (tertiary/aromatic N) is 3. The molecule has 16 rings (SSSR count). The highest BCUT2D eigenvalue weighted by Gasteiger charge is 2.48. The number of hydrogen-bond acceptors (Lipinski definition) is 2. The molecule has 1 aromatic heterocycles. The van der Waals surface area contributed by atoms with Crippen molar-refractivity contribution in [3.05, 3.63) is 378 Å². The Hall–Kier alpha value is -10.7. The monoisotopic (exact) mass is 1210 g/mol. The number of aromatic nitrogens is 1. The van der Waals surface area contributed by atoms with Gasteiger partial charge in [-0.15, -0.1) is 0 Å². The summed E-state index contributed by atoms with van der Waals surface area (Å²) < 4.78 is 2.47. The molecular formula is C90H85N3. The fraction of sp³-hybridized carbons (Fsp3) is 0.133. The van der Waals surface area contributed by atoms with E-state index in [4.69, 9.17) is 0 Å². The second-order valence-electron chi connectivity index (χ2n) is 21.9. The van der Waals surface area contributed by atoms with E-state index in [1.807, 2.05) is 69.2 Å². The quantitative estimate of drug-likeness (QED) is 0.128. The normalized spacial score (nSPS) is 12.2. The second kappa shape index (κ2) is 29.0. The van der Waals surface area contributed by atoms with Crippen LogP contribution < -0.4 is 9.80 Å². The van der Waals surface area contributed by atoms with Crippen LogP contribution >= 0.6 is 0 Å². The van der Waals surface area contributed by atoms with Crippen LogP contribution in [0.25, 0.3) is 49.7 Å². The fourth-order valence-electron chi connectivity index (χ4n) is 14.3. The maximum Gasteiger partial charge on any atom is 0.0713 e. The number of benzene rings is 13. The first-order chi connectivity index (χ1) is 46.2. The SMILES string of the molecule is CC.CC.CC.CC.CC.c1ccc(N(c2ccccc2)c2ccc(C3(c4ccc5c(c4)c4cc(C6(c7ccc(N(c8ccccc8)c8ccccc8)cc7)c7ccccc7-c7ccccc76)ccc4n5-c4ccccc4)c4ccccc4-c4ccccc43)cc2)cc1. The summed E-state index contributed by atoms with van der Waals surface area (Å²) in [4.78, 5) is 4.70. The van der Waals surface area contributed by atoms with Gasteiger partial charge in [-0.3, -0.25) is 0 Å². The van der Waals surface area contributed by atoms with Crippen molar-refractivity contribution in [2.45, 2.75) is 80.1 Å². The average Bonchev–Trinajstić information content (AvgIpc) is 1.55. The van der Waals surface area contributed by atoms with Crippen molar-refractivity contribution in [3.8, 4) is 27.9 Å². The van der Waals surface area contributed by atoms with Crippen LogP contribution in [0.15, 0.2) is 334 Å². The Morgan fingerprint density at radius 2 is 0.441 bits per heavy atom. The zero-order valence-corrected chi connectivity index (χ0v) is 55.6. The summed E-state index contributed by atoms with van der Waals surface area (Å²) in [6.45, 7) is 20.0. The zero-order valence-electron chi connectivity index (χ0n) is 55.6. The van der Waals surface area contributed by atoms with Gasteiger partial charge in [-0.25, -0.2) is 0 Å². The van der Waals surface area contributed by atoms with Crippen LogP contribution in [0, 0.1) is 0 Å². The van der Waals surface area contributed by atoms with E-state index in [1.165, 1.54) is 77.5 Å². The molecule has 0 N–H and O–H groups in total. The first kappa shape index (κ1) is 63.8. The molecule has 0 saturated heterocycles. The van der Waals surface area contributed by atoms with Crippen molar-refractivity contribution in [2.24, 2.45) is 0 Å². The van der Waals surface area contributed by atoms with Gasteiger partial charge in [0.2, 0.25) is 0 Å². The van der Waals surface area contributed by atoms with Gasteiger partial charge in [0.1, 0.15) is 0 Å². The molecule has 0 radical (unpaired) electrons. The van der Waals surface area contributed by atoms with Gasteiger partial charge in [0.15, 0.2) is 0 Å².